The zero-order valence-corrected chi connectivity index (χ0v) is 13.3. The van der Waals surface area contributed by atoms with E-state index in [0.29, 0.717) is 0 Å². The second-order valence-electron chi connectivity index (χ2n) is 3.48. The Morgan fingerprint density at radius 3 is 2.76 bits per heavy atom. The largest absolute Gasteiger partial charge is 0.359 e. The van der Waals surface area contributed by atoms with Crippen LogP contribution in [0.4, 0.5) is 0 Å². The van der Waals surface area contributed by atoms with Crippen LogP contribution in [0.5, 0.6) is 0 Å². The molecular weight excluding hydrogens is 349 g/mol. The van der Waals surface area contributed by atoms with Crippen LogP contribution in [0.25, 0.3) is 0 Å². The highest BCUT2D eigenvalue weighted by Gasteiger charge is 1.96. The molecule has 5 heteroatoms. The lowest BCUT2D eigenvalue weighted by atomic mass is 10.1. The van der Waals surface area contributed by atoms with E-state index in [1.54, 1.807) is 7.05 Å². The summed E-state index contributed by atoms with van der Waals surface area (Å²) in [5, 5.41) is 6.99. The van der Waals surface area contributed by atoms with Crippen molar-refractivity contribution in [3.05, 3.63) is 34.9 Å². The number of aliphatic imine (C=N–C) groups is 1. The van der Waals surface area contributed by atoms with E-state index in [4.69, 9.17) is 11.6 Å². The van der Waals surface area contributed by atoms with Crippen molar-refractivity contribution in [2.24, 2.45) is 4.99 Å². The van der Waals surface area contributed by atoms with Crippen LogP contribution in [0.3, 0.4) is 0 Å². The second kappa shape index (κ2) is 9.53. The summed E-state index contributed by atoms with van der Waals surface area (Å²) < 4.78 is 0. The average molecular weight is 368 g/mol. The van der Waals surface area contributed by atoms with Crippen molar-refractivity contribution in [3.63, 3.8) is 0 Å². The Labute approximate surface area is 125 Å². The molecule has 0 fully saturated rings. The van der Waals surface area contributed by atoms with Crippen molar-refractivity contribution in [3.8, 4) is 0 Å². The smallest absolute Gasteiger partial charge is 0.190 e. The van der Waals surface area contributed by atoms with E-state index in [-0.39, 0.29) is 24.0 Å². The van der Waals surface area contributed by atoms with Gasteiger partial charge in [-0.05, 0) is 30.5 Å². The first-order chi connectivity index (χ1) is 7.76. The van der Waals surface area contributed by atoms with Gasteiger partial charge in [0.05, 0.1) is 0 Å². The minimum Gasteiger partial charge on any atom is -0.359 e. The Hall–Kier alpha value is -0.490. The predicted molar refractivity (Wildman–Crippen MR) is 85.6 cm³/mol. The topological polar surface area (TPSA) is 36.4 Å². The summed E-state index contributed by atoms with van der Waals surface area (Å²) in [4.78, 5) is 4.04. The fourth-order valence-electron chi connectivity index (χ4n) is 1.47. The van der Waals surface area contributed by atoms with Crippen molar-refractivity contribution in [1.29, 1.82) is 0 Å². The molecule has 1 aromatic rings. The number of halogens is 2. The molecule has 0 heterocycles. The van der Waals surface area contributed by atoms with Gasteiger partial charge in [-0.25, -0.2) is 0 Å². The van der Waals surface area contributed by atoms with Crippen LogP contribution in [-0.2, 0) is 6.42 Å². The lowest BCUT2D eigenvalue weighted by Gasteiger charge is -2.08. The maximum atomic E-state index is 5.91. The van der Waals surface area contributed by atoms with Crippen LogP contribution in [0.15, 0.2) is 29.3 Å². The summed E-state index contributed by atoms with van der Waals surface area (Å²) in [6, 6.07) is 7.98. The average Bonchev–Trinajstić information content (AvgIpc) is 2.29. The number of hydrogen-bond donors (Lipinski definition) is 2. The van der Waals surface area contributed by atoms with Crippen LogP contribution in [-0.4, -0.2) is 26.6 Å². The third-order valence-corrected chi connectivity index (χ3v) is 2.52. The fourth-order valence-corrected chi connectivity index (χ4v) is 1.68. The molecule has 0 amide bonds. The zero-order valence-electron chi connectivity index (χ0n) is 10.2. The summed E-state index contributed by atoms with van der Waals surface area (Å²) >= 11 is 5.91. The van der Waals surface area contributed by atoms with E-state index >= 15 is 0 Å². The second-order valence-corrected chi connectivity index (χ2v) is 3.92. The Balaban J connectivity index is 0.00000256. The van der Waals surface area contributed by atoms with E-state index < -0.39 is 0 Å². The number of aryl methyl sites for hydroxylation is 1. The van der Waals surface area contributed by atoms with E-state index in [2.05, 4.69) is 21.7 Å². The van der Waals surface area contributed by atoms with Crippen molar-refractivity contribution in [1.82, 2.24) is 10.6 Å². The number of rotatable bonds is 4. The molecule has 0 radical (unpaired) electrons. The number of benzene rings is 1. The molecule has 0 aromatic heterocycles. The monoisotopic (exact) mass is 367 g/mol. The highest BCUT2D eigenvalue weighted by Crippen LogP contribution is 2.11. The van der Waals surface area contributed by atoms with Gasteiger partial charge in [-0.1, -0.05) is 23.7 Å². The maximum absolute atomic E-state index is 5.91. The Kier molecular flexibility index (Phi) is 9.26. The minimum atomic E-state index is 0. The van der Waals surface area contributed by atoms with Gasteiger partial charge in [0.2, 0.25) is 0 Å². The first kappa shape index (κ1) is 16.5. The number of nitrogens with zero attached hydrogens (tertiary/aromatic N) is 1. The standard InChI is InChI=1S/C12H18ClN3.HI/c1-14-12(15-2)16-8-4-6-10-5-3-7-11(13)9-10;/h3,5,7,9H,4,6,8H2,1-2H3,(H2,14,15,16);1H. The number of nitrogens with one attached hydrogen (secondary N) is 2. The number of hydrogen-bond acceptors (Lipinski definition) is 1. The summed E-state index contributed by atoms with van der Waals surface area (Å²) in [6.45, 7) is 0.903. The quantitative estimate of drug-likeness (QED) is 0.371. The lowest BCUT2D eigenvalue weighted by molar-refractivity contribution is 0.758. The summed E-state index contributed by atoms with van der Waals surface area (Å²) in [6.07, 6.45) is 2.08. The van der Waals surface area contributed by atoms with Crippen LogP contribution in [0.2, 0.25) is 5.02 Å². The molecule has 17 heavy (non-hydrogen) atoms. The van der Waals surface area contributed by atoms with Crippen LogP contribution >= 0.6 is 35.6 Å². The van der Waals surface area contributed by atoms with Crippen molar-refractivity contribution in [2.45, 2.75) is 12.8 Å². The van der Waals surface area contributed by atoms with E-state index in [0.717, 1.165) is 30.4 Å². The molecule has 0 bridgehead atoms. The molecule has 96 valence electrons. The van der Waals surface area contributed by atoms with Gasteiger partial charge < -0.3 is 10.6 Å². The summed E-state index contributed by atoms with van der Waals surface area (Å²) in [5.74, 6) is 0.825. The fraction of sp³-hybridized carbons (Fsp3) is 0.417. The molecule has 0 unspecified atom stereocenters. The van der Waals surface area contributed by atoms with Gasteiger partial charge in [0, 0.05) is 25.7 Å². The SMILES string of the molecule is CN=C(NC)NCCCc1cccc(Cl)c1.I. The molecule has 2 N–H and O–H groups in total. The highest BCUT2D eigenvalue weighted by atomic mass is 127. The molecule has 0 saturated carbocycles. The first-order valence-electron chi connectivity index (χ1n) is 5.39. The normalized spacial score (nSPS) is 10.6. The van der Waals surface area contributed by atoms with Crippen LogP contribution in [0, 0.1) is 0 Å². The van der Waals surface area contributed by atoms with Gasteiger partial charge in [-0.3, -0.25) is 4.99 Å². The lowest BCUT2D eigenvalue weighted by Crippen LogP contribution is -2.35. The Morgan fingerprint density at radius 2 is 2.18 bits per heavy atom. The third-order valence-electron chi connectivity index (χ3n) is 2.28. The van der Waals surface area contributed by atoms with E-state index in [1.165, 1.54) is 5.56 Å². The highest BCUT2D eigenvalue weighted by molar-refractivity contribution is 14.0. The molecule has 0 aliphatic rings. The summed E-state index contributed by atoms with van der Waals surface area (Å²) in [5.41, 5.74) is 1.27. The molecule has 3 nitrogen and oxygen atoms in total. The number of guanidine groups is 1. The van der Waals surface area contributed by atoms with Crippen molar-refractivity contribution >= 4 is 41.5 Å². The van der Waals surface area contributed by atoms with Gasteiger partial charge in [0.15, 0.2) is 5.96 Å². The Morgan fingerprint density at radius 1 is 1.41 bits per heavy atom. The van der Waals surface area contributed by atoms with Crippen LogP contribution < -0.4 is 10.6 Å². The van der Waals surface area contributed by atoms with Gasteiger partial charge >= 0.3 is 0 Å². The maximum Gasteiger partial charge on any atom is 0.190 e. The van der Waals surface area contributed by atoms with E-state index in [1.807, 2.05) is 25.2 Å². The summed E-state index contributed by atoms with van der Waals surface area (Å²) in [7, 11) is 3.61. The molecule has 0 atom stereocenters. The minimum absolute atomic E-state index is 0. The third kappa shape index (κ3) is 6.73. The molecule has 0 spiro atoms. The first-order valence-corrected chi connectivity index (χ1v) is 5.77. The van der Waals surface area contributed by atoms with Gasteiger partial charge in [0.25, 0.3) is 0 Å². The molecule has 1 aromatic carbocycles. The van der Waals surface area contributed by atoms with Crippen molar-refractivity contribution in [2.75, 3.05) is 20.6 Å². The van der Waals surface area contributed by atoms with Crippen molar-refractivity contribution < 1.29 is 0 Å². The molecule has 0 saturated heterocycles. The van der Waals surface area contributed by atoms with Crippen LogP contribution in [0.1, 0.15) is 12.0 Å². The predicted octanol–water partition coefficient (Wildman–Crippen LogP) is 2.69. The molecule has 1 rings (SSSR count). The van der Waals surface area contributed by atoms with Gasteiger partial charge in [-0.15, -0.1) is 24.0 Å². The molecule has 0 aliphatic carbocycles. The molecule has 0 aliphatic heterocycles. The zero-order chi connectivity index (χ0) is 11.8. The Bertz CT molecular complexity index is 355. The van der Waals surface area contributed by atoms with Gasteiger partial charge in [-0.2, -0.15) is 0 Å². The van der Waals surface area contributed by atoms with Gasteiger partial charge in [0.1, 0.15) is 0 Å². The van der Waals surface area contributed by atoms with E-state index in [9.17, 15) is 0 Å². The molecular formula is C12H19ClIN3.